The molecule has 0 bridgehead atoms. The summed E-state index contributed by atoms with van der Waals surface area (Å²) in [5, 5.41) is 23.3. The highest BCUT2D eigenvalue weighted by atomic mass is 32.2. The maximum Gasteiger partial charge on any atom is 0.432 e. The number of aromatic hydroxyl groups is 1. The van der Waals surface area contributed by atoms with Gasteiger partial charge in [0.25, 0.3) is 0 Å². The van der Waals surface area contributed by atoms with E-state index in [-0.39, 0.29) is 10.8 Å². The van der Waals surface area contributed by atoms with Crippen LogP contribution in [0.5, 0.6) is 11.5 Å². The SMILES string of the molecule is COc1ccc(C(=Nc2ccc(-c3noc(C)n3)cc2)C(=NC(=O)O)SC)cc1O. The number of hydrogen-bond donors (Lipinski definition) is 2. The first-order valence-electron chi connectivity index (χ1n) is 8.64. The van der Waals surface area contributed by atoms with E-state index in [1.807, 2.05) is 0 Å². The number of amides is 1. The molecule has 10 heteroatoms. The number of benzene rings is 2. The number of carbonyl (C=O) groups is 1. The average molecular weight is 426 g/mol. The van der Waals surface area contributed by atoms with Crippen molar-refractivity contribution in [2.24, 2.45) is 9.98 Å². The van der Waals surface area contributed by atoms with Crippen LogP contribution in [0.15, 0.2) is 57.0 Å². The molecule has 9 nitrogen and oxygen atoms in total. The first-order chi connectivity index (χ1) is 14.4. The minimum Gasteiger partial charge on any atom is -0.504 e. The quantitative estimate of drug-likeness (QED) is 0.456. The lowest BCUT2D eigenvalue weighted by atomic mass is 10.1. The summed E-state index contributed by atoms with van der Waals surface area (Å²) in [6.45, 7) is 1.71. The Hall–Kier alpha value is -3.66. The van der Waals surface area contributed by atoms with Gasteiger partial charge in [-0.1, -0.05) is 5.16 Å². The largest absolute Gasteiger partial charge is 0.504 e. The first kappa shape index (κ1) is 21.1. The Morgan fingerprint density at radius 3 is 2.47 bits per heavy atom. The lowest BCUT2D eigenvalue weighted by Gasteiger charge is -2.10. The molecule has 154 valence electrons. The number of phenols is 1. The van der Waals surface area contributed by atoms with Crippen molar-refractivity contribution < 1.29 is 24.3 Å². The normalized spacial score (nSPS) is 12.1. The molecule has 0 unspecified atom stereocenters. The van der Waals surface area contributed by atoms with Crippen molar-refractivity contribution in [3.05, 3.63) is 53.9 Å². The highest BCUT2D eigenvalue weighted by Crippen LogP contribution is 2.29. The van der Waals surface area contributed by atoms with Gasteiger partial charge in [-0.3, -0.25) is 0 Å². The number of thioether (sulfide) groups is 1. The van der Waals surface area contributed by atoms with Gasteiger partial charge in [0.05, 0.1) is 12.8 Å². The maximum atomic E-state index is 11.2. The highest BCUT2D eigenvalue weighted by Gasteiger charge is 2.16. The number of methoxy groups -OCH3 is 1. The maximum absolute atomic E-state index is 11.2. The summed E-state index contributed by atoms with van der Waals surface area (Å²) in [4.78, 5) is 23.6. The third-order valence-electron chi connectivity index (χ3n) is 3.94. The molecule has 0 saturated carbocycles. The van der Waals surface area contributed by atoms with Gasteiger partial charge >= 0.3 is 6.09 Å². The molecule has 0 aliphatic carbocycles. The molecule has 1 amide bonds. The van der Waals surface area contributed by atoms with Crippen LogP contribution in [0.2, 0.25) is 0 Å². The summed E-state index contributed by atoms with van der Waals surface area (Å²) < 4.78 is 10.1. The van der Waals surface area contributed by atoms with Gasteiger partial charge in [-0.05, 0) is 48.7 Å². The molecule has 0 spiro atoms. The second kappa shape index (κ2) is 9.23. The molecular weight excluding hydrogens is 408 g/mol. The number of phenolic OH excluding ortho intramolecular Hbond substituents is 1. The number of aromatic nitrogens is 2. The van der Waals surface area contributed by atoms with Crippen molar-refractivity contribution in [1.82, 2.24) is 10.1 Å². The van der Waals surface area contributed by atoms with Crippen molar-refractivity contribution in [2.45, 2.75) is 6.92 Å². The van der Waals surface area contributed by atoms with Gasteiger partial charge < -0.3 is 19.5 Å². The fourth-order valence-electron chi connectivity index (χ4n) is 2.59. The van der Waals surface area contributed by atoms with Crippen molar-refractivity contribution in [3.8, 4) is 22.9 Å². The summed E-state index contributed by atoms with van der Waals surface area (Å²) >= 11 is 1.13. The zero-order valence-corrected chi connectivity index (χ0v) is 17.2. The summed E-state index contributed by atoms with van der Waals surface area (Å²) in [6.07, 6.45) is 0.357. The number of hydrogen-bond acceptors (Lipinski definition) is 8. The van der Waals surface area contributed by atoms with Crippen molar-refractivity contribution in [3.63, 3.8) is 0 Å². The summed E-state index contributed by atoms with van der Waals surface area (Å²) in [5.41, 5.74) is 2.08. The molecule has 3 aromatic rings. The van der Waals surface area contributed by atoms with Crippen molar-refractivity contribution >= 4 is 34.3 Å². The van der Waals surface area contributed by atoms with Crippen LogP contribution in [0, 0.1) is 6.92 Å². The molecule has 2 aromatic carbocycles. The van der Waals surface area contributed by atoms with E-state index in [9.17, 15) is 9.90 Å². The molecule has 2 N–H and O–H groups in total. The van der Waals surface area contributed by atoms with Crippen LogP contribution < -0.4 is 4.74 Å². The fourth-order valence-corrected chi connectivity index (χ4v) is 3.11. The van der Waals surface area contributed by atoms with E-state index >= 15 is 0 Å². The fraction of sp³-hybridized carbons (Fsp3) is 0.150. The van der Waals surface area contributed by atoms with E-state index in [0.29, 0.717) is 34.4 Å². The van der Waals surface area contributed by atoms with Gasteiger partial charge in [0.15, 0.2) is 11.5 Å². The number of carboxylic acid groups (broad SMARTS) is 1. The lowest BCUT2D eigenvalue weighted by molar-refractivity contribution is 0.206. The van der Waals surface area contributed by atoms with E-state index in [0.717, 1.165) is 17.3 Å². The lowest BCUT2D eigenvalue weighted by Crippen LogP contribution is -2.14. The molecular formula is C20H18N4O5S. The molecule has 1 aromatic heterocycles. The molecule has 0 fully saturated rings. The Balaban J connectivity index is 2.06. The Morgan fingerprint density at radius 1 is 1.20 bits per heavy atom. The molecule has 0 aliphatic rings. The smallest absolute Gasteiger partial charge is 0.432 e. The van der Waals surface area contributed by atoms with Gasteiger partial charge in [-0.25, -0.2) is 9.79 Å². The summed E-state index contributed by atoms with van der Waals surface area (Å²) in [5.74, 6) is 1.11. The molecule has 0 radical (unpaired) electrons. The molecule has 1 heterocycles. The zero-order valence-electron chi connectivity index (χ0n) is 16.4. The minimum atomic E-state index is -1.34. The van der Waals surface area contributed by atoms with Gasteiger partial charge in [-0.15, -0.1) is 11.8 Å². The Labute approximate surface area is 176 Å². The number of aryl methyl sites for hydroxylation is 1. The Bertz CT molecular complexity index is 1120. The summed E-state index contributed by atoms with van der Waals surface area (Å²) in [7, 11) is 1.44. The third kappa shape index (κ3) is 4.84. The van der Waals surface area contributed by atoms with E-state index in [4.69, 9.17) is 14.4 Å². The van der Waals surface area contributed by atoms with Gasteiger partial charge in [-0.2, -0.15) is 9.98 Å². The topological polar surface area (TPSA) is 130 Å². The standard InChI is InChI=1S/C20H18N4O5S/c1-11-21-18(24-29-11)12-4-7-14(8-5-12)22-17(19(30-3)23-20(26)27)13-6-9-16(28-2)15(25)10-13/h4-10,25H,1-3H3,(H,26,27). The van der Waals surface area contributed by atoms with Gasteiger partial charge in [0.2, 0.25) is 11.7 Å². The molecule has 0 saturated heterocycles. The van der Waals surface area contributed by atoms with E-state index in [1.165, 1.54) is 13.2 Å². The first-order valence-corrected chi connectivity index (χ1v) is 9.86. The Kier molecular flexibility index (Phi) is 6.48. The van der Waals surface area contributed by atoms with Crippen LogP contribution >= 0.6 is 11.8 Å². The van der Waals surface area contributed by atoms with Crippen LogP contribution in [-0.4, -0.2) is 50.6 Å². The van der Waals surface area contributed by atoms with E-state index in [2.05, 4.69) is 20.1 Å². The number of aliphatic imine (C=N–C) groups is 2. The van der Waals surface area contributed by atoms with Crippen molar-refractivity contribution in [1.29, 1.82) is 0 Å². The van der Waals surface area contributed by atoms with E-state index in [1.54, 1.807) is 49.6 Å². The van der Waals surface area contributed by atoms with Gasteiger partial charge in [0.1, 0.15) is 10.8 Å². The Morgan fingerprint density at radius 2 is 1.93 bits per heavy atom. The number of rotatable bonds is 5. The third-order valence-corrected chi connectivity index (χ3v) is 4.61. The number of ether oxygens (including phenoxy) is 1. The predicted molar refractivity (Wildman–Crippen MR) is 114 cm³/mol. The average Bonchev–Trinajstić information content (AvgIpc) is 3.17. The molecule has 30 heavy (non-hydrogen) atoms. The monoisotopic (exact) mass is 426 g/mol. The molecule has 0 aliphatic heterocycles. The van der Waals surface area contributed by atoms with E-state index < -0.39 is 6.09 Å². The van der Waals surface area contributed by atoms with Crippen LogP contribution in [0.3, 0.4) is 0 Å². The number of nitrogens with zero attached hydrogens (tertiary/aromatic N) is 4. The molecule has 3 rings (SSSR count). The summed E-state index contributed by atoms with van der Waals surface area (Å²) in [6, 6.07) is 11.7. The van der Waals surface area contributed by atoms with Crippen LogP contribution in [-0.2, 0) is 0 Å². The predicted octanol–water partition coefficient (Wildman–Crippen LogP) is 4.32. The van der Waals surface area contributed by atoms with Gasteiger partial charge in [0, 0.05) is 18.1 Å². The van der Waals surface area contributed by atoms with Crippen molar-refractivity contribution in [2.75, 3.05) is 13.4 Å². The second-order valence-corrected chi connectivity index (χ2v) is 6.73. The zero-order chi connectivity index (χ0) is 21.7. The molecule has 0 atom stereocenters. The minimum absolute atomic E-state index is 0.0960. The highest BCUT2D eigenvalue weighted by molar-refractivity contribution is 8.15. The second-order valence-electron chi connectivity index (χ2n) is 5.93. The van der Waals surface area contributed by atoms with Crippen LogP contribution in [0.25, 0.3) is 11.4 Å². The van der Waals surface area contributed by atoms with Crippen LogP contribution in [0.1, 0.15) is 11.5 Å². The van der Waals surface area contributed by atoms with Crippen LogP contribution in [0.4, 0.5) is 10.5 Å².